The standard InChI is InChI=1S/C13H16N6OS2/c14-12(15)19-13-18-10(8-22-13)7-21-5-4-17-11(20)9-2-1-3-16-6-9/h1-3,6,8H,4-5,7H2,(H,17,20)(H4,14,15,18,19). The summed E-state index contributed by atoms with van der Waals surface area (Å²) in [6, 6.07) is 3.47. The molecule has 0 atom stereocenters. The van der Waals surface area contributed by atoms with Crippen molar-refractivity contribution in [3.63, 3.8) is 0 Å². The molecule has 116 valence electrons. The number of aromatic nitrogens is 2. The van der Waals surface area contributed by atoms with Crippen molar-refractivity contribution in [2.75, 3.05) is 17.6 Å². The zero-order valence-electron chi connectivity index (χ0n) is 11.7. The van der Waals surface area contributed by atoms with Gasteiger partial charge in [-0.3, -0.25) is 15.2 Å². The number of nitrogens with zero attached hydrogens (tertiary/aromatic N) is 2. The maximum atomic E-state index is 11.8. The number of anilines is 1. The molecular formula is C13H16N6OS2. The predicted molar refractivity (Wildman–Crippen MR) is 90.4 cm³/mol. The van der Waals surface area contributed by atoms with Crippen LogP contribution in [0.1, 0.15) is 16.1 Å². The van der Waals surface area contributed by atoms with E-state index in [0.717, 1.165) is 17.2 Å². The van der Waals surface area contributed by atoms with Gasteiger partial charge in [-0.15, -0.1) is 11.3 Å². The molecule has 0 saturated heterocycles. The van der Waals surface area contributed by atoms with Gasteiger partial charge in [0.2, 0.25) is 0 Å². The van der Waals surface area contributed by atoms with Gasteiger partial charge in [0.1, 0.15) is 0 Å². The monoisotopic (exact) mass is 336 g/mol. The summed E-state index contributed by atoms with van der Waals surface area (Å²) in [5.74, 6) is 1.31. The Morgan fingerprint density at radius 2 is 2.36 bits per heavy atom. The average Bonchev–Trinajstić information content (AvgIpc) is 2.94. The van der Waals surface area contributed by atoms with Crippen LogP contribution in [-0.4, -0.2) is 34.1 Å². The van der Waals surface area contributed by atoms with E-state index in [-0.39, 0.29) is 11.9 Å². The minimum atomic E-state index is -0.119. The van der Waals surface area contributed by atoms with Crippen LogP contribution in [0.5, 0.6) is 0 Å². The fourth-order valence-electron chi connectivity index (χ4n) is 1.56. The van der Waals surface area contributed by atoms with Crippen LogP contribution >= 0.6 is 23.1 Å². The quantitative estimate of drug-likeness (QED) is 0.346. The number of carbonyl (C=O) groups is 1. The summed E-state index contributed by atoms with van der Waals surface area (Å²) in [4.78, 5) is 20.0. The number of nitrogens with two attached hydrogens (primary N) is 1. The average molecular weight is 336 g/mol. The van der Waals surface area contributed by atoms with Crippen molar-refractivity contribution in [2.45, 2.75) is 5.75 Å². The van der Waals surface area contributed by atoms with Gasteiger partial charge in [-0.25, -0.2) is 4.98 Å². The molecule has 2 rings (SSSR count). The largest absolute Gasteiger partial charge is 0.370 e. The van der Waals surface area contributed by atoms with Gasteiger partial charge in [0.25, 0.3) is 5.91 Å². The molecular weight excluding hydrogens is 320 g/mol. The van der Waals surface area contributed by atoms with Crippen LogP contribution in [0, 0.1) is 5.41 Å². The summed E-state index contributed by atoms with van der Waals surface area (Å²) >= 11 is 3.09. The Morgan fingerprint density at radius 3 is 3.09 bits per heavy atom. The third-order valence-corrected chi connectivity index (χ3v) is 4.30. The Balaban J connectivity index is 1.64. The lowest BCUT2D eigenvalue weighted by molar-refractivity contribution is 0.0956. The van der Waals surface area contributed by atoms with Crippen molar-refractivity contribution in [1.29, 1.82) is 5.41 Å². The second kappa shape index (κ2) is 8.35. The Hall–Kier alpha value is -2.13. The van der Waals surface area contributed by atoms with Crippen LogP contribution in [0.2, 0.25) is 0 Å². The Morgan fingerprint density at radius 1 is 1.50 bits per heavy atom. The number of rotatable bonds is 7. The van der Waals surface area contributed by atoms with E-state index in [1.807, 2.05) is 5.38 Å². The molecule has 0 saturated carbocycles. The van der Waals surface area contributed by atoms with E-state index in [1.54, 1.807) is 36.3 Å². The van der Waals surface area contributed by atoms with Crippen molar-refractivity contribution >= 4 is 40.1 Å². The molecule has 0 fully saturated rings. The summed E-state index contributed by atoms with van der Waals surface area (Å²) in [5, 5.41) is 15.2. The van der Waals surface area contributed by atoms with Gasteiger partial charge in [0, 0.05) is 35.8 Å². The number of pyridine rings is 1. The summed E-state index contributed by atoms with van der Waals surface area (Å²) in [6.45, 7) is 0.584. The Bertz CT molecular complexity index is 630. The smallest absolute Gasteiger partial charge is 0.252 e. The number of thioether (sulfide) groups is 1. The molecule has 0 aliphatic carbocycles. The molecule has 2 aromatic rings. The van der Waals surface area contributed by atoms with E-state index >= 15 is 0 Å². The Kier molecular flexibility index (Phi) is 6.16. The highest BCUT2D eigenvalue weighted by Crippen LogP contribution is 2.19. The maximum Gasteiger partial charge on any atom is 0.252 e. The van der Waals surface area contributed by atoms with Crippen LogP contribution in [0.15, 0.2) is 29.9 Å². The minimum absolute atomic E-state index is 0.115. The minimum Gasteiger partial charge on any atom is -0.370 e. The fourth-order valence-corrected chi connectivity index (χ4v) is 3.13. The highest BCUT2D eigenvalue weighted by atomic mass is 32.2. The normalized spacial score (nSPS) is 10.2. The summed E-state index contributed by atoms with van der Waals surface area (Å²) < 4.78 is 0. The molecule has 7 nitrogen and oxygen atoms in total. The van der Waals surface area contributed by atoms with Crippen molar-refractivity contribution < 1.29 is 4.79 Å². The highest BCUT2D eigenvalue weighted by molar-refractivity contribution is 7.98. The first kappa shape index (κ1) is 16.2. The maximum absolute atomic E-state index is 11.8. The Labute approximate surface area is 136 Å². The van der Waals surface area contributed by atoms with E-state index in [4.69, 9.17) is 11.1 Å². The van der Waals surface area contributed by atoms with Crippen LogP contribution < -0.4 is 16.4 Å². The topological polar surface area (TPSA) is 117 Å². The van der Waals surface area contributed by atoms with Gasteiger partial charge in [-0.2, -0.15) is 11.8 Å². The van der Waals surface area contributed by atoms with E-state index in [1.165, 1.54) is 11.3 Å². The molecule has 2 aromatic heterocycles. The summed E-state index contributed by atoms with van der Waals surface area (Å²) in [5.41, 5.74) is 6.73. The van der Waals surface area contributed by atoms with Gasteiger partial charge in [-0.05, 0) is 12.1 Å². The third-order valence-electron chi connectivity index (χ3n) is 2.50. The third kappa shape index (κ3) is 5.34. The second-order valence-electron chi connectivity index (χ2n) is 4.23. The second-order valence-corrected chi connectivity index (χ2v) is 6.20. The molecule has 0 bridgehead atoms. The van der Waals surface area contributed by atoms with Crippen molar-refractivity contribution in [1.82, 2.24) is 15.3 Å². The van der Waals surface area contributed by atoms with Crippen LogP contribution in [-0.2, 0) is 5.75 Å². The molecule has 1 amide bonds. The number of amides is 1. The number of hydrogen-bond acceptors (Lipinski definition) is 6. The summed E-state index contributed by atoms with van der Waals surface area (Å²) in [6.07, 6.45) is 3.18. The molecule has 2 heterocycles. The number of nitrogens with one attached hydrogen (secondary N) is 3. The van der Waals surface area contributed by atoms with Crippen LogP contribution in [0.25, 0.3) is 0 Å². The molecule has 9 heteroatoms. The zero-order valence-corrected chi connectivity index (χ0v) is 13.3. The lowest BCUT2D eigenvalue weighted by atomic mass is 10.3. The number of hydrogen-bond donors (Lipinski definition) is 4. The fraction of sp³-hybridized carbons (Fsp3) is 0.231. The molecule has 0 aliphatic heterocycles. The SMILES string of the molecule is N=C(N)Nc1nc(CSCCNC(=O)c2cccnc2)cs1. The van der Waals surface area contributed by atoms with Crippen LogP contribution in [0.3, 0.4) is 0 Å². The molecule has 0 aromatic carbocycles. The number of guanidine groups is 1. The first-order valence-electron chi connectivity index (χ1n) is 6.46. The lowest BCUT2D eigenvalue weighted by Crippen LogP contribution is -2.25. The van der Waals surface area contributed by atoms with E-state index in [2.05, 4.69) is 20.6 Å². The molecule has 0 spiro atoms. The molecule has 5 N–H and O–H groups in total. The first-order valence-corrected chi connectivity index (χ1v) is 8.50. The summed E-state index contributed by atoms with van der Waals surface area (Å²) in [7, 11) is 0. The van der Waals surface area contributed by atoms with E-state index < -0.39 is 0 Å². The van der Waals surface area contributed by atoms with Gasteiger partial charge in [0.15, 0.2) is 11.1 Å². The highest BCUT2D eigenvalue weighted by Gasteiger charge is 2.05. The van der Waals surface area contributed by atoms with Crippen molar-refractivity contribution in [2.24, 2.45) is 5.73 Å². The van der Waals surface area contributed by atoms with Gasteiger partial charge >= 0.3 is 0 Å². The zero-order chi connectivity index (χ0) is 15.8. The van der Waals surface area contributed by atoms with E-state index in [9.17, 15) is 4.79 Å². The lowest BCUT2D eigenvalue weighted by Gasteiger charge is -2.04. The predicted octanol–water partition coefficient (Wildman–Crippen LogP) is 1.51. The van der Waals surface area contributed by atoms with Crippen LogP contribution in [0.4, 0.5) is 5.13 Å². The van der Waals surface area contributed by atoms with Gasteiger partial charge < -0.3 is 16.4 Å². The molecule has 0 unspecified atom stereocenters. The van der Waals surface area contributed by atoms with Gasteiger partial charge in [-0.1, -0.05) is 0 Å². The van der Waals surface area contributed by atoms with Crippen molar-refractivity contribution in [3.8, 4) is 0 Å². The van der Waals surface area contributed by atoms with Gasteiger partial charge in [0.05, 0.1) is 11.3 Å². The number of thiazole rings is 1. The van der Waals surface area contributed by atoms with Crippen molar-refractivity contribution in [3.05, 3.63) is 41.2 Å². The number of carbonyl (C=O) groups excluding carboxylic acids is 1. The molecule has 22 heavy (non-hydrogen) atoms. The molecule has 0 aliphatic rings. The first-order chi connectivity index (χ1) is 10.6. The van der Waals surface area contributed by atoms with E-state index in [0.29, 0.717) is 17.2 Å². The molecule has 0 radical (unpaired) electrons.